The maximum atomic E-state index is 15.0. The summed E-state index contributed by atoms with van der Waals surface area (Å²) < 4.78 is 60.6. The molecule has 5 atom stereocenters. The van der Waals surface area contributed by atoms with E-state index in [-0.39, 0.29) is 53.1 Å². The van der Waals surface area contributed by atoms with Gasteiger partial charge in [0.15, 0.2) is 0 Å². The van der Waals surface area contributed by atoms with Gasteiger partial charge >= 0.3 is 41.4 Å². The van der Waals surface area contributed by atoms with Crippen LogP contribution in [0, 0.1) is 17.6 Å². The number of aromatic nitrogens is 6. The molecule has 5 aromatic rings. The van der Waals surface area contributed by atoms with Crippen molar-refractivity contribution < 1.29 is 81.9 Å². The van der Waals surface area contributed by atoms with Crippen molar-refractivity contribution >= 4 is 29.8 Å². The molecule has 0 amide bonds. The second-order valence-electron chi connectivity index (χ2n) is 15.2. The molecular weight excluding hydrogens is 850 g/mol. The van der Waals surface area contributed by atoms with E-state index in [0.717, 1.165) is 43.6 Å². The molecule has 2 saturated heterocycles. The number of hydrogen-bond acceptors (Lipinski definition) is 15. The van der Waals surface area contributed by atoms with Crippen molar-refractivity contribution in [2.45, 2.75) is 70.6 Å². The average Bonchev–Trinajstić information content (AvgIpc) is 4.02. The quantitative estimate of drug-likeness (QED) is 0.0430. The van der Waals surface area contributed by atoms with Crippen LogP contribution in [0.3, 0.4) is 0 Å². The van der Waals surface area contributed by atoms with Crippen LogP contribution in [0.2, 0.25) is 0 Å². The summed E-state index contributed by atoms with van der Waals surface area (Å²) in [7, 11) is 0. The number of piperazine rings is 1. The van der Waals surface area contributed by atoms with Crippen LogP contribution in [0.25, 0.3) is 5.69 Å². The van der Waals surface area contributed by atoms with Crippen LogP contribution in [-0.2, 0) is 40.7 Å². The topological polar surface area (TPSA) is 204 Å². The summed E-state index contributed by atoms with van der Waals surface area (Å²) in [5.41, 5.74) is 1.50. The van der Waals surface area contributed by atoms with Crippen molar-refractivity contribution in [3.63, 3.8) is 0 Å². The Morgan fingerprint density at radius 2 is 1.56 bits per heavy atom. The Morgan fingerprint density at radius 1 is 0.906 bits per heavy atom. The van der Waals surface area contributed by atoms with Crippen LogP contribution >= 0.6 is 0 Å². The van der Waals surface area contributed by atoms with E-state index in [1.165, 1.54) is 47.2 Å². The zero-order valence-electron chi connectivity index (χ0n) is 35.9. The molecule has 336 valence electrons. The predicted molar refractivity (Wildman–Crippen MR) is 220 cm³/mol. The second-order valence-corrected chi connectivity index (χ2v) is 15.2. The zero-order chi connectivity index (χ0) is 43.8. The standard InChI is InChI=1S/C43H47F2N8O9.Na.H2O/c1-4-39(29(2)60-42(57)62-30(3)61-40(55)15-20-54)53-41(56)52(28-48-53)35-8-6-33(7-9-35)49-16-18-50(19-17-49)34-10-12-36(13-11-34)58-23-31-22-43(59-24-31,25-51-27-46-26-47-51)37-14-5-32(44)21-38(37)45;;/h5-14,21,26-31,39H,4,15-19,22-25H2,1-3H3;;1H2/q-1;+1;/p-1/t29-,30?,31+,39-,43-;;/m0../s1. The van der Waals surface area contributed by atoms with Crippen molar-refractivity contribution in [3.8, 4) is 11.4 Å². The number of halogens is 2. The minimum atomic E-state index is -1.29. The third-order valence-electron chi connectivity index (χ3n) is 11.0. The number of ether oxygens (including phenoxy) is 5. The van der Waals surface area contributed by atoms with E-state index in [1.807, 2.05) is 55.5 Å². The minimum Gasteiger partial charge on any atom is -0.870 e. The molecule has 4 heterocycles. The largest absolute Gasteiger partial charge is 1.00 e. The van der Waals surface area contributed by atoms with E-state index >= 15 is 4.39 Å². The van der Waals surface area contributed by atoms with Crippen LogP contribution in [0.4, 0.5) is 25.0 Å². The van der Waals surface area contributed by atoms with Crippen molar-refractivity contribution in [1.29, 1.82) is 0 Å². The molecule has 2 aliphatic heterocycles. The first-order valence-electron chi connectivity index (χ1n) is 20.3. The van der Waals surface area contributed by atoms with Gasteiger partial charge in [-0.05, 0) is 74.4 Å². The summed E-state index contributed by atoms with van der Waals surface area (Å²) in [4.78, 5) is 56.2. The van der Waals surface area contributed by atoms with Gasteiger partial charge in [0.05, 0.1) is 31.5 Å². The van der Waals surface area contributed by atoms with E-state index in [4.69, 9.17) is 23.7 Å². The van der Waals surface area contributed by atoms with E-state index < -0.39 is 59.9 Å². The van der Waals surface area contributed by atoms with Gasteiger partial charge in [-0.15, -0.1) is 0 Å². The molecule has 0 aliphatic carbocycles. The minimum absolute atomic E-state index is 0. The molecule has 2 aromatic heterocycles. The van der Waals surface area contributed by atoms with E-state index in [9.17, 15) is 23.6 Å². The fraction of sp³-hybridized carbons (Fsp3) is 0.419. The Kier molecular flexibility index (Phi) is 17.2. The molecule has 1 unspecified atom stereocenters. The summed E-state index contributed by atoms with van der Waals surface area (Å²) in [6.07, 6.45) is 2.80. The first kappa shape index (κ1) is 49.3. The Labute approximate surface area is 389 Å². The molecule has 2 fully saturated rings. The SMILES string of the molecule is CC[C@@H]([C@H](C)OC(=O)OC(C)OC(=O)C[C-]=O)n1ncn(-c2ccc(N3CCN(c4ccc(OC[C@@H]5CO[C@@](Cn6cncn6)(c6ccc(F)cc6F)C5)cc4)CC3)cc2)c1=O.[Na+].[OH-]. The Hall–Kier alpha value is -5.67. The number of carbonyl (C=O) groups excluding carboxylic acids is 3. The van der Waals surface area contributed by atoms with Crippen LogP contribution in [0.1, 0.15) is 51.6 Å². The van der Waals surface area contributed by atoms with Gasteiger partial charge in [-0.3, -0.25) is 11.1 Å². The van der Waals surface area contributed by atoms with Gasteiger partial charge in [-0.1, -0.05) is 19.4 Å². The molecule has 0 bridgehead atoms. The first-order valence-corrected chi connectivity index (χ1v) is 20.3. The molecule has 0 radical (unpaired) electrons. The van der Waals surface area contributed by atoms with Crippen molar-refractivity contribution in [3.05, 3.63) is 113 Å². The van der Waals surface area contributed by atoms with Crippen molar-refractivity contribution in [2.24, 2.45) is 5.92 Å². The van der Waals surface area contributed by atoms with E-state index in [2.05, 4.69) is 25.0 Å². The molecule has 64 heavy (non-hydrogen) atoms. The molecule has 1 N–H and O–H groups in total. The summed E-state index contributed by atoms with van der Waals surface area (Å²) in [6, 6.07) is 18.5. The van der Waals surface area contributed by atoms with Crippen LogP contribution < -0.4 is 49.8 Å². The van der Waals surface area contributed by atoms with Gasteiger partial charge in [0.25, 0.3) is 5.97 Å². The first-order chi connectivity index (χ1) is 29.9. The van der Waals surface area contributed by atoms with Gasteiger partial charge < -0.3 is 43.8 Å². The third kappa shape index (κ3) is 11.7. The predicted octanol–water partition coefficient (Wildman–Crippen LogP) is 1.95. The molecule has 0 spiro atoms. The second kappa shape index (κ2) is 22.3. The summed E-state index contributed by atoms with van der Waals surface area (Å²) in [5.74, 6) is -1.56. The smallest absolute Gasteiger partial charge is 0.870 e. The molecular formula is C43H48F2N8NaO10-. The number of hydrogen-bond donors (Lipinski definition) is 0. The maximum absolute atomic E-state index is 15.0. The molecule has 2 aliphatic rings. The fourth-order valence-corrected chi connectivity index (χ4v) is 7.93. The Bertz CT molecular complexity index is 2360. The van der Waals surface area contributed by atoms with E-state index in [1.54, 1.807) is 17.9 Å². The van der Waals surface area contributed by atoms with Crippen LogP contribution in [-0.4, -0.2) is 105 Å². The average molecular weight is 898 g/mol. The number of benzene rings is 3. The van der Waals surface area contributed by atoms with Gasteiger partial charge in [-0.25, -0.2) is 37.3 Å². The summed E-state index contributed by atoms with van der Waals surface area (Å²) >= 11 is 0. The Morgan fingerprint density at radius 3 is 2.17 bits per heavy atom. The van der Waals surface area contributed by atoms with Crippen molar-refractivity contribution in [1.82, 2.24) is 29.1 Å². The van der Waals surface area contributed by atoms with Gasteiger partial charge in [0.1, 0.15) is 48.1 Å². The van der Waals surface area contributed by atoms with Gasteiger partial charge in [0, 0.05) is 62.0 Å². The Balaban J connectivity index is 0.00000385. The maximum Gasteiger partial charge on any atom is 1.00 e. The van der Waals surface area contributed by atoms with Crippen molar-refractivity contribution in [2.75, 3.05) is 49.2 Å². The number of nitrogens with zero attached hydrogens (tertiary/aromatic N) is 8. The third-order valence-corrected chi connectivity index (χ3v) is 11.0. The summed E-state index contributed by atoms with van der Waals surface area (Å²) in [5, 5.41) is 8.48. The number of carbonyl (C=O) groups is 2. The molecule has 3 aromatic carbocycles. The number of rotatable bonds is 17. The molecule has 7 rings (SSSR count). The monoisotopic (exact) mass is 897 g/mol. The molecule has 0 saturated carbocycles. The summed E-state index contributed by atoms with van der Waals surface area (Å²) in [6.45, 7) is 8.77. The molecule has 21 heteroatoms. The van der Waals surface area contributed by atoms with Crippen LogP contribution in [0.15, 0.2) is 90.5 Å². The van der Waals surface area contributed by atoms with Crippen LogP contribution in [0.5, 0.6) is 5.75 Å². The van der Waals surface area contributed by atoms with Gasteiger partial charge in [-0.2, -0.15) is 10.2 Å². The fourth-order valence-electron chi connectivity index (χ4n) is 7.93. The van der Waals surface area contributed by atoms with E-state index in [0.29, 0.717) is 37.5 Å². The van der Waals surface area contributed by atoms with Gasteiger partial charge in [0.2, 0.25) is 6.29 Å². The molecule has 18 nitrogen and oxygen atoms in total. The number of anilines is 2. The number of esters is 1. The normalized spacial score (nSPS) is 18.5. The zero-order valence-corrected chi connectivity index (χ0v) is 37.9.